The van der Waals surface area contributed by atoms with Crippen LogP contribution in [0.1, 0.15) is 31.4 Å². The second kappa shape index (κ2) is 10.3. The molecule has 1 amide bonds. The molecule has 3 rings (SSSR count). The number of nitrogens with one attached hydrogen (secondary N) is 1. The number of carbonyl (C=O) groups is 1. The molecule has 1 aliphatic rings. The molecular weight excluding hydrogens is 376 g/mol. The van der Waals surface area contributed by atoms with E-state index in [1.807, 2.05) is 19.1 Å². The van der Waals surface area contributed by atoms with Crippen molar-refractivity contribution in [1.82, 2.24) is 5.32 Å². The Morgan fingerprint density at radius 2 is 1.82 bits per heavy atom. The van der Waals surface area contributed by atoms with E-state index in [9.17, 15) is 4.79 Å². The van der Waals surface area contributed by atoms with E-state index < -0.39 is 0 Å². The van der Waals surface area contributed by atoms with E-state index in [1.54, 1.807) is 12.1 Å². The number of hydrogen-bond donors (Lipinski definition) is 1. The Labute approximate surface area is 171 Å². The lowest BCUT2D eigenvalue weighted by Gasteiger charge is -2.29. The lowest BCUT2D eigenvalue weighted by atomic mass is 10.1. The average molecular weight is 403 g/mol. The Morgan fingerprint density at radius 3 is 2.50 bits per heavy atom. The van der Waals surface area contributed by atoms with Gasteiger partial charge in [-0.2, -0.15) is 0 Å². The van der Waals surface area contributed by atoms with Crippen molar-refractivity contribution < 1.29 is 14.3 Å². The first-order valence-electron chi connectivity index (χ1n) is 9.72. The molecule has 1 heterocycles. The average Bonchev–Trinajstić information content (AvgIpc) is 2.73. The van der Waals surface area contributed by atoms with Gasteiger partial charge in [-0.15, -0.1) is 0 Å². The molecule has 1 aliphatic heterocycles. The maximum absolute atomic E-state index is 12.2. The zero-order valence-corrected chi connectivity index (χ0v) is 17.0. The van der Waals surface area contributed by atoms with Gasteiger partial charge in [-0.1, -0.05) is 23.7 Å². The predicted octanol–water partition coefficient (Wildman–Crippen LogP) is 4.21. The van der Waals surface area contributed by atoms with Crippen molar-refractivity contribution in [3.8, 4) is 5.75 Å². The van der Waals surface area contributed by atoms with Gasteiger partial charge in [-0.3, -0.25) is 4.79 Å². The highest BCUT2D eigenvalue weighted by atomic mass is 35.5. The van der Waals surface area contributed by atoms with Crippen molar-refractivity contribution in [3.05, 3.63) is 59.1 Å². The van der Waals surface area contributed by atoms with Crippen LogP contribution < -0.4 is 15.0 Å². The molecule has 28 heavy (non-hydrogen) atoms. The van der Waals surface area contributed by atoms with Crippen LogP contribution in [0, 0.1) is 0 Å². The van der Waals surface area contributed by atoms with E-state index in [0.717, 1.165) is 37.6 Å². The van der Waals surface area contributed by atoms with Crippen LogP contribution in [0.5, 0.6) is 5.75 Å². The minimum Gasteiger partial charge on any atom is -0.494 e. The summed E-state index contributed by atoms with van der Waals surface area (Å²) in [6.45, 7) is 5.89. The number of hydrogen-bond acceptors (Lipinski definition) is 4. The number of rotatable bonds is 8. The molecule has 1 saturated heterocycles. The number of carbonyl (C=O) groups excluding carboxylic acids is 1. The molecule has 1 unspecified atom stereocenters. The summed E-state index contributed by atoms with van der Waals surface area (Å²) in [6.07, 6.45) is 1.10. The molecule has 1 N–H and O–H groups in total. The third kappa shape index (κ3) is 6.14. The third-order valence-corrected chi connectivity index (χ3v) is 5.03. The number of morpholine rings is 1. The highest BCUT2D eigenvalue weighted by molar-refractivity contribution is 6.30. The van der Waals surface area contributed by atoms with Crippen molar-refractivity contribution in [2.45, 2.75) is 25.8 Å². The van der Waals surface area contributed by atoms with Crippen LogP contribution in [0.4, 0.5) is 5.69 Å². The number of anilines is 1. The summed E-state index contributed by atoms with van der Waals surface area (Å²) >= 11 is 5.85. The largest absolute Gasteiger partial charge is 0.494 e. The summed E-state index contributed by atoms with van der Waals surface area (Å²) in [4.78, 5) is 14.5. The monoisotopic (exact) mass is 402 g/mol. The summed E-state index contributed by atoms with van der Waals surface area (Å²) in [5.41, 5.74) is 2.30. The van der Waals surface area contributed by atoms with Gasteiger partial charge in [0, 0.05) is 30.2 Å². The highest BCUT2D eigenvalue weighted by Crippen LogP contribution is 2.20. The van der Waals surface area contributed by atoms with Crippen molar-refractivity contribution in [3.63, 3.8) is 0 Å². The normalized spacial score (nSPS) is 15.1. The van der Waals surface area contributed by atoms with Gasteiger partial charge >= 0.3 is 0 Å². The molecule has 2 aromatic carbocycles. The van der Waals surface area contributed by atoms with E-state index in [0.29, 0.717) is 24.5 Å². The van der Waals surface area contributed by atoms with Gasteiger partial charge in [-0.05, 0) is 55.3 Å². The predicted molar refractivity (Wildman–Crippen MR) is 112 cm³/mol. The van der Waals surface area contributed by atoms with Gasteiger partial charge < -0.3 is 19.7 Å². The molecule has 1 atom stereocenters. The molecule has 0 radical (unpaired) electrons. The molecule has 0 spiro atoms. The van der Waals surface area contributed by atoms with E-state index in [-0.39, 0.29) is 11.9 Å². The van der Waals surface area contributed by atoms with Crippen LogP contribution in [-0.2, 0) is 9.53 Å². The zero-order chi connectivity index (χ0) is 19.8. The lowest BCUT2D eigenvalue weighted by molar-refractivity contribution is -0.121. The third-order valence-electron chi connectivity index (χ3n) is 4.78. The molecule has 150 valence electrons. The van der Waals surface area contributed by atoms with Crippen molar-refractivity contribution in [2.75, 3.05) is 37.8 Å². The van der Waals surface area contributed by atoms with Crippen molar-refractivity contribution in [1.29, 1.82) is 0 Å². The summed E-state index contributed by atoms with van der Waals surface area (Å²) in [5, 5.41) is 3.74. The molecular formula is C22H27ClN2O3. The first-order valence-corrected chi connectivity index (χ1v) is 10.1. The standard InChI is InChI=1S/C22H27ClN2O3/c1-17(18-4-8-20(9-5-18)25-12-15-27-16-13-25)24-22(26)3-2-14-28-21-10-6-19(23)7-11-21/h4-11,17H,2-3,12-16H2,1H3,(H,24,26). The van der Waals surface area contributed by atoms with E-state index in [4.69, 9.17) is 21.1 Å². The van der Waals surface area contributed by atoms with Gasteiger partial charge in [0.2, 0.25) is 5.91 Å². The first kappa shape index (κ1) is 20.5. The molecule has 0 saturated carbocycles. The fourth-order valence-electron chi connectivity index (χ4n) is 3.15. The molecule has 0 aliphatic carbocycles. The topological polar surface area (TPSA) is 50.8 Å². The smallest absolute Gasteiger partial charge is 0.220 e. The van der Waals surface area contributed by atoms with Gasteiger partial charge in [0.15, 0.2) is 0 Å². The molecule has 2 aromatic rings. The van der Waals surface area contributed by atoms with E-state index >= 15 is 0 Å². The molecule has 5 nitrogen and oxygen atoms in total. The van der Waals surface area contributed by atoms with Gasteiger partial charge in [-0.25, -0.2) is 0 Å². The minimum absolute atomic E-state index is 0.0246. The second-order valence-electron chi connectivity index (χ2n) is 6.89. The maximum Gasteiger partial charge on any atom is 0.220 e. The van der Waals surface area contributed by atoms with Crippen molar-refractivity contribution in [2.24, 2.45) is 0 Å². The second-order valence-corrected chi connectivity index (χ2v) is 7.32. The SMILES string of the molecule is CC(NC(=O)CCCOc1ccc(Cl)cc1)c1ccc(N2CCOCC2)cc1. The number of halogens is 1. The van der Waals surface area contributed by atoms with Crippen LogP contribution in [0.2, 0.25) is 5.02 Å². The summed E-state index contributed by atoms with van der Waals surface area (Å²) in [6, 6.07) is 15.6. The Kier molecular flexibility index (Phi) is 7.57. The van der Waals surface area contributed by atoms with Crippen LogP contribution in [-0.4, -0.2) is 38.8 Å². The van der Waals surface area contributed by atoms with E-state index in [1.165, 1.54) is 5.69 Å². The molecule has 0 bridgehead atoms. The zero-order valence-electron chi connectivity index (χ0n) is 16.2. The number of benzene rings is 2. The van der Waals surface area contributed by atoms with Crippen LogP contribution in [0.25, 0.3) is 0 Å². The summed E-state index contributed by atoms with van der Waals surface area (Å²) in [7, 11) is 0. The Morgan fingerprint density at radius 1 is 1.14 bits per heavy atom. The quantitative estimate of drug-likeness (QED) is 0.672. The molecule has 0 aromatic heterocycles. The van der Waals surface area contributed by atoms with Gasteiger partial charge in [0.05, 0.1) is 25.9 Å². The minimum atomic E-state index is -0.0246. The molecule has 6 heteroatoms. The van der Waals surface area contributed by atoms with Crippen LogP contribution >= 0.6 is 11.6 Å². The van der Waals surface area contributed by atoms with Crippen LogP contribution in [0.15, 0.2) is 48.5 Å². The van der Waals surface area contributed by atoms with Gasteiger partial charge in [0.1, 0.15) is 5.75 Å². The van der Waals surface area contributed by atoms with Gasteiger partial charge in [0.25, 0.3) is 0 Å². The Hall–Kier alpha value is -2.24. The fourth-order valence-corrected chi connectivity index (χ4v) is 3.27. The van der Waals surface area contributed by atoms with Crippen LogP contribution in [0.3, 0.4) is 0 Å². The fraction of sp³-hybridized carbons (Fsp3) is 0.409. The number of amides is 1. The number of nitrogens with zero attached hydrogens (tertiary/aromatic N) is 1. The van der Waals surface area contributed by atoms with E-state index in [2.05, 4.69) is 34.5 Å². The first-order chi connectivity index (χ1) is 13.6. The Bertz CT molecular complexity index is 743. The maximum atomic E-state index is 12.2. The Balaban J connectivity index is 1.39. The highest BCUT2D eigenvalue weighted by Gasteiger charge is 2.13. The summed E-state index contributed by atoms with van der Waals surface area (Å²) < 4.78 is 11.0. The number of ether oxygens (including phenoxy) is 2. The lowest BCUT2D eigenvalue weighted by Crippen LogP contribution is -2.36. The molecule has 1 fully saturated rings. The summed E-state index contributed by atoms with van der Waals surface area (Å²) in [5.74, 6) is 0.794. The van der Waals surface area contributed by atoms with Crippen molar-refractivity contribution >= 4 is 23.2 Å².